The first kappa shape index (κ1) is 30.2. The number of aromatic hydroxyl groups is 1. The molecule has 0 atom stereocenters. The number of phenols is 1. The number of aliphatic imine (C=N–C) groups is 1. The number of imidazole rings is 1. The summed E-state index contributed by atoms with van der Waals surface area (Å²) in [5.74, 6) is 0.965. The number of isocyanates is 1. The second-order valence-corrected chi connectivity index (χ2v) is 10.8. The summed E-state index contributed by atoms with van der Waals surface area (Å²) in [5, 5.41) is 11.4. The number of rotatable bonds is 15. The second kappa shape index (κ2) is 13.7. The van der Waals surface area contributed by atoms with Gasteiger partial charge in [-0.25, -0.2) is 24.3 Å². The van der Waals surface area contributed by atoms with Gasteiger partial charge in [0.1, 0.15) is 22.8 Å². The average molecular weight is 584 g/mol. The van der Waals surface area contributed by atoms with E-state index in [0.717, 1.165) is 48.0 Å². The highest BCUT2D eigenvalue weighted by Gasteiger charge is 2.21. The van der Waals surface area contributed by atoms with Crippen molar-refractivity contribution in [2.45, 2.75) is 52.0 Å². The summed E-state index contributed by atoms with van der Waals surface area (Å²) in [4.78, 5) is 41.5. The largest absolute Gasteiger partial charge is 0.524 e. The predicted molar refractivity (Wildman–Crippen MR) is 155 cm³/mol. The number of hydrogen-bond donors (Lipinski definition) is 4. The number of nitrogens with zero attached hydrogens (tertiary/aromatic N) is 4. The molecule has 0 aliphatic rings. The lowest BCUT2D eigenvalue weighted by Gasteiger charge is -2.14. The number of aromatic nitrogens is 3. The molecule has 218 valence electrons. The molecule has 5 N–H and O–H groups in total. The summed E-state index contributed by atoms with van der Waals surface area (Å²) in [6.45, 7) is 3.79. The van der Waals surface area contributed by atoms with E-state index in [0.29, 0.717) is 55.0 Å². The highest BCUT2D eigenvalue weighted by molar-refractivity contribution is 7.46. The number of nitrogen functional groups attached to an aromatic ring is 1. The standard InChI is InChI=1S/C28H34N5O7P/c1-2-3-7-25-32-26-27(33(25)17-20-16-21(9-11-24(20)35)40-41(36,37)38)22-10-8-19(15-23(22)31-28(26)29)6-4-13-39-14-5-12-30-18-34/h8-11,15-16,35H,2-7,12-14,17H2,1H3,(H2,29,31)(H2,36,37,38). The fourth-order valence-electron chi connectivity index (χ4n) is 4.68. The van der Waals surface area contributed by atoms with Gasteiger partial charge < -0.3 is 24.7 Å². The Bertz CT molecular complexity index is 1610. The van der Waals surface area contributed by atoms with E-state index in [1.165, 1.54) is 24.3 Å². The molecule has 0 bridgehead atoms. The highest BCUT2D eigenvalue weighted by atomic mass is 31.2. The maximum atomic E-state index is 11.4. The van der Waals surface area contributed by atoms with Crippen molar-refractivity contribution in [1.82, 2.24) is 14.5 Å². The summed E-state index contributed by atoms with van der Waals surface area (Å²) in [6.07, 6.45) is 6.30. The van der Waals surface area contributed by atoms with Gasteiger partial charge in [0.05, 0.1) is 24.1 Å². The van der Waals surface area contributed by atoms with Crippen molar-refractivity contribution < 1.29 is 33.5 Å². The molecule has 0 spiro atoms. The van der Waals surface area contributed by atoms with E-state index in [1.54, 1.807) is 0 Å². The highest BCUT2D eigenvalue weighted by Crippen LogP contribution is 2.39. The molecule has 0 aliphatic carbocycles. The van der Waals surface area contributed by atoms with E-state index < -0.39 is 7.82 Å². The van der Waals surface area contributed by atoms with Crippen molar-refractivity contribution in [3.05, 3.63) is 53.3 Å². The van der Waals surface area contributed by atoms with Crippen LogP contribution in [0.4, 0.5) is 5.82 Å². The number of phosphoric acid groups is 1. The lowest BCUT2D eigenvalue weighted by molar-refractivity contribution is 0.131. The van der Waals surface area contributed by atoms with Gasteiger partial charge in [-0.2, -0.15) is 0 Å². The number of nitrogens with two attached hydrogens (primary N) is 1. The third kappa shape index (κ3) is 7.91. The number of ether oxygens (including phenoxy) is 1. The zero-order valence-corrected chi connectivity index (χ0v) is 23.7. The zero-order chi connectivity index (χ0) is 29.4. The number of aryl methyl sites for hydroxylation is 2. The van der Waals surface area contributed by atoms with Crippen LogP contribution in [-0.2, 0) is 33.5 Å². The number of hydrogen-bond acceptors (Lipinski definition) is 9. The molecule has 2 heterocycles. The molecule has 0 aliphatic heterocycles. The maximum Gasteiger partial charge on any atom is 0.524 e. The topological polar surface area (TPSA) is 182 Å². The van der Waals surface area contributed by atoms with E-state index in [4.69, 9.17) is 20.0 Å². The molecule has 0 amide bonds. The van der Waals surface area contributed by atoms with Crippen LogP contribution < -0.4 is 10.3 Å². The number of phosphoric ester groups is 1. The Balaban J connectivity index is 1.65. The molecule has 13 heteroatoms. The third-order valence-electron chi connectivity index (χ3n) is 6.58. The van der Waals surface area contributed by atoms with Crippen molar-refractivity contribution in [3.8, 4) is 11.5 Å². The van der Waals surface area contributed by atoms with Crippen LogP contribution in [0.2, 0.25) is 0 Å². The number of anilines is 1. The number of pyridine rings is 1. The van der Waals surface area contributed by atoms with Gasteiger partial charge in [0.2, 0.25) is 6.08 Å². The lowest BCUT2D eigenvalue weighted by atomic mass is 10.1. The monoisotopic (exact) mass is 583 g/mol. The minimum absolute atomic E-state index is 0.0429. The quantitative estimate of drug-likeness (QED) is 0.0677. The van der Waals surface area contributed by atoms with Gasteiger partial charge in [-0.1, -0.05) is 25.5 Å². The van der Waals surface area contributed by atoms with Crippen LogP contribution in [0.25, 0.3) is 21.9 Å². The van der Waals surface area contributed by atoms with Gasteiger partial charge in [0.15, 0.2) is 5.82 Å². The van der Waals surface area contributed by atoms with Crippen LogP contribution in [0.1, 0.15) is 49.6 Å². The summed E-state index contributed by atoms with van der Waals surface area (Å²) in [7, 11) is -4.77. The molecule has 0 saturated heterocycles. The first-order chi connectivity index (χ1) is 19.7. The van der Waals surface area contributed by atoms with E-state index in [9.17, 15) is 24.3 Å². The average Bonchev–Trinajstić information content (AvgIpc) is 3.28. The molecule has 0 radical (unpaired) electrons. The number of unbranched alkanes of at least 4 members (excludes halogenated alkanes) is 1. The molecular formula is C28H34N5O7P. The minimum Gasteiger partial charge on any atom is -0.508 e. The molecule has 0 saturated carbocycles. The first-order valence-electron chi connectivity index (χ1n) is 13.5. The van der Waals surface area contributed by atoms with Gasteiger partial charge in [-0.3, -0.25) is 9.79 Å². The Morgan fingerprint density at radius 1 is 1.07 bits per heavy atom. The van der Waals surface area contributed by atoms with Gasteiger partial charge in [-0.05, 0) is 55.5 Å². The smallest absolute Gasteiger partial charge is 0.508 e. The van der Waals surface area contributed by atoms with Crippen LogP contribution >= 0.6 is 7.82 Å². The first-order valence-corrected chi connectivity index (χ1v) is 15.0. The van der Waals surface area contributed by atoms with Crippen LogP contribution in [0.3, 0.4) is 0 Å². The molecule has 12 nitrogen and oxygen atoms in total. The lowest BCUT2D eigenvalue weighted by Crippen LogP contribution is -2.07. The molecule has 4 rings (SSSR count). The third-order valence-corrected chi connectivity index (χ3v) is 7.03. The SMILES string of the molecule is CCCCc1nc2c(N)nc3cc(CCCOCCCN=C=O)ccc3c2n1Cc1cc(OP(=O)(O)O)ccc1O. The number of carbonyl (C=O) groups excluding carboxylic acids is 1. The van der Waals surface area contributed by atoms with E-state index >= 15 is 0 Å². The summed E-state index contributed by atoms with van der Waals surface area (Å²) in [6, 6.07) is 10.1. The Labute approximate surface area is 237 Å². The molecule has 2 aromatic heterocycles. The number of benzene rings is 2. The molecular weight excluding hydrogens is 549 g/mol. The fourth-order valence-corrected chi connectivity index (χ4v) is 5.07. The van der Waals surface area contributed by atoms with Gasteiger partial charge in [0, 0.05) is 30.6 Å². The molecule has 0 unspecified atom stereocenters. The van der Waals surface area contributed by atoms with Gasteiger partial charge in [-0.15, -0.1) is 0 Å². The predicted octanol–water partition coefficient (Wildman–Crippen LogP) is 4.41. The van der Waals surface area contributed by atoms with Crippen molar-refractivity contribution in [1.29, 1.82) is 0 Å². The number of phenolic OH excluding ortho intramolecular Hbond substituents is 1. The van der Waals surface area contributed by atoms with Crippen molar-refractivity contribution >= 4 is 41.7 Å². The van der Waals surface area contributed by atoms with Gasteiger partial charge in [0.25, 0.3) is 0 Å². The second-order valence-electron chi connectivity index (χ2n) is 9.68. The maximum absolute atomic E-state index is 11.4. The Kier molecular flexibility index (Phi) is 10.1. The van der Waals surface area contributed by atoms with E-state index in [2.05, 4.69) is 16.9 Å². The fraction of sp³-hybridized carbons (Fsp3) is 0.393. The number of fused-ring (bicyclic) bond motifs is 3. The van der Waals surface area contributed by atoms with Crippen LogP contribution in [0.15, 0.2) is 41.4 Å². The van der Waals surface area contributed by atoms with E-state index in [-0.39, 0.29) is 18.0 Å². The Morgan fingerprint density at radius 2 is 1.88 bits per heavy atom. The summed E-state index contributed by atoms with van der Waals surface area (Å²) >= 11 is 0. The van der Waals surface area contributed by atoms with Crippen LogP contribution in [-0.4, -0.2) is 55.3 Å². The Hall–Kier alpha value is -3.79. The molecule has 41 heavy (non-hydrogen) atoms. The minimum atomic E-state index is -4.77. The van der Waals surface area contributed by atoms with Crippen molar-refractivity contribution in [2.75, 3.05) is 25.5 Å². The molecule has 2 aromatic carbocycles. The Morgan fingerprint density at radius 3 is 2.63 bits per heavy atom. The van der Waals surface area contributed by atoms with Gasteiger partial charge >= 0.3 is 7.82 Å². The summed E-state index contributed by atoms with van der Waals surface area (Å²) in [5.41, 5.74) is 9.93. The van der Waals surface area contributed by atoms with Crippen LogP contribution in [0.5, 0.6) is 11.5 Å². The molecule has 0 fully saturated rings. The van der Waals surface area contributed by atoms with Crippen molar-refractivity contribution in [3.63, 3.8) is 0 Å². The zero-order valence-electron chi connectivity index (χ0n) is 22.8. The van der Waals surface area contributed by atoms with E-state index in [1.807, 2.05) is 22.8 Å². The normalized spacial score (nSPS) is 11.7. The molecule has 4 aromatic rings. The summed E-state index contributed by atoms with van der Waals surface area (Å²) < 4.78 is 23.7. The van der Waals surface area contributed by atoms with Crippen molar-refractivity contribution in [2.24, 2.45) is 4.99 Å². The van der Waals surface area contributed by atoms with Crippen LogP contribution in [0, 0.1) is 0 Å².